The van der Waals surface area contributed by atoms with E-state index in [1.807, 2.05) is 0 Å². The van der Waals surface area contributed by atoms with Gasteiger partial charge in [-0.25, -0.2) is 17.9 Å². The number of hydrogen-bond donors (Lipinski definition) is 1. The second-order valence-corrected chi connectivity index (χ2v) is 8.14. The smallest absolute Gasteiger partial charge is 0.341 e. The Morgan fingerprint density at radius 3 is 2.61 bits per heavy atom. The lowest BCUT2D eigenvalue weighted by molar-refractivity contribution is -0.130. The zero-order chi connectivity index (χ0) is 20.9. The minimum atomic E-state index is -3.81. The van der Waals surface area contributed by atoms with Gasteiger partial charge in [0, 0.05) is 20.0 Å². The van der Waals surface area contributed by atoms with Gasteiger partial charge in [0.15, 0.2) is 0 Å². The number of ether oxygens (including phenoxy) is 1. The van der Waals surface area contributed by atoms with Crippen LogP contribution in [0, 0.1) is 6.92 Å². The monoisotopic (exact) mass is 428 g/mol. The van der Waals surface area contributed by atoms with Crippen molar-refractivity contribution in [2.45, 2.75) is 24.8 Å². The molecule has 0 fully saturated rings. The van der Waals surface area contributed by atoms with E-state index in [9.17, 15) is 18.0 Å². The highest BCUT2D eigenvalue weighted by Gasteiger charge is 2.20. The van der Waals surface area contributed by atoms with Gasteiger partial charge in [0.2, 0.25) is 15.9 Å². The average molecular weight is 429 g/mol. The number of sulfonamides is 1. The summed E-state index contributed by atoms with van der Waals surface area (Å²) >= 11 is 5.90. The van der Waals surface area contributed by atoms with Gasteiger partial charge < -0.3 is 14.1 Å². The van der Waals surface area contributed by atoms with Crippen molar-refractivity contribution < 1.29 is 27.2 Å². The Hall–Kier alpha value is -2.36. The van der Waals surface area contributed by atoms with Crippen LogP contribution in [0.5, 0.6) is 0 Å². The number of nitrogens with one attached hydrogen (secondary N) is 1. The van der Waals surface area contributed by atoms with Crippen molar-refractivity contribution in [3.05, 3.63) is 52.4 Å². The first-order chi connectivity index (χ1) is 13.2. The molecule has 0 spiro atoms. The Morgan fingerprint density at radius 1 is 1.29 bits per heavy atom. The maximum atomic E-state index is 12.3. The summed E-state index contributed by atoms with van der Waals surface area (Å²) in [5, 5.41) is 0.105. The van der Waals surface area contributed by atoms with E-state index in [2.05, 4.69) is 9.46 Å². The van der Waals surface area contributed by atoms with E-state index in [-0.39, 0.29) is 35.3 Å². The number of benzene rings is 1. The fourth-order valence-corrected chi connectivity index (χ4v) is 4.03. The number of hydrogen-bond acceptors (Lipinski definition) is 6. The number of methoxy groups -OCH3 is 1. The molecule has 1 N–H and O–H groups in total. The van der Waals surface area contributed by atoms with Crippen molar-refractivity contribution in [1.29, 1.82) is 0 Å². The third-order valence-electron chi connectivity index (χ3n) is 3.95. The quantitative estimate of drug-likeness (QED) is 0.647. The summed E-state index contributed by atoms with van der Waals surface area (Å²) in [5.74, 6) is 0.00610. The van der Waals surface area contributed by atoms with E-state index in [0.717, 1.165) is 0 Å². The summed E-state index contributed by atoms with van der Waals surface area (Å²) in [4.78, 5) is 25.2. The fourth-order valence-electron chi connectivity index (χ4n) is 2.48. The minimum Gasteiger partial charge on any atom is -0.465 e. The highest BCUT2D eigenvalue weighted by Crippen LogP contribution is 2.20. The van der Waals surface area contributed by atoms with Crippen molar-refractivity contribution in [1.82, 2.24) is 9.62 Å². The van der Waals surface area contributed by atoms with Crippen LogP contribution in [0.25, 0.3) is 0 Å². The van der Waals surface area contributed by atoms with Gasteiger partial charge in [-0.05, 0) is 25.1 Å². The van der Waals surface area contributed by atoms with Gasteiger partial charge in [0.25, 0.3) is 0 Å². The number of carbonyl (C=O) groups excluding carboxylic acids is 2. The van der Waals surface area contributed by atoms with Crippen LogP contribution in [0.3, 0.4) is 0 Å². The molecule has 1 amide bonds. The molecular formula is C18H21ClN2O6S. The predicted molar refractivity (Wildman–Crippen MR) is 103 cm³/mol. The molecule has 0 bridgehead atoms. The first-order valence-corrected chi connectivity index (χ1v) is 10.2. The van der Waals surface area contributed by atoms with Gasteiger partial charge in [0.1, 0.15) is 22.0 Å². The lowest BCUT2D eigenvalue weighted by Gasteiger charge is -2.16. The third kappa shape index (κ3) is 5.34. The SMILES string of the molecule is COC(=O)c1cc(CN(C)C(=O)CCNS(=O)(=O)c2ccccc2Cl)oc1C. The largest absolute Gasteiger partial charge is 0.465 e. The predicted octanol–water partition coefficient (Wildman–Crippen LogP) is 2.36. The van der Waals surface area contributed by atoms with Crippen LogP contribution in [0.4, 0.5) is 0 Å². The summed E-state index contributed by atoms with van der Waals surface area (Å²) < 4.78 is 37.0. The second kappa shape index (κ2) is 9.22. The van der Waals surface area contributed by atoms with E-state index in [1.54, 1.807) is 26.1 Å². The fraction of sp³-hybridized carbons (Fsp3) is 0.333. The lowest BCUT2D eigenvalue weighted by Crippen LogP contribution is -2.32. The number of furan rings is 1. The second-order valence-electron chi connectivity index (χ2n) is 6.00. The van der Waals surface area contributed by atoms with Gasteiger partial charge in [-0.15, -0.1) is 0 Å². The molecule has 8 nitrogen and oxygen atoms in total. The molecule has 2 aromatic rings. The summed E-state index contributed by atoms with van der Waals surface area (Å²) in [6.07, 6.45) is -0.0519. The Balaban J connectivity index is 1.91. The van der Waals surface area contributed by atoms with Crippen molar-refractivity contribution in [3.8, 4) is 0 Å². The maximum absolute atomic E-state index is 12.3. The molecule has 1 aromatic heterocycles. The zero-order valence-corrected chi connectivity index (χ0v) is 17.3. The molecular weight excluding hydrogens is 408 g/mol. The summed E-state index contributed by atoms with van der Waals surface area (Å²) in [6.45, 7) is 1.68. The number of aryl methyl sites for hydroxylation is 1. The maximum Gasteiger partial charge on any atom is 0.341 e. The normalized spacial score (nSPS) is 11.3. The van der Waals surface area contributed by atoms with Crippen molar-refractivity contribution >= 4 is 33.5 Å². The van der Waals surface area contributed by atoms with Crippen LogP contribution in [0.2, 0.25) is 5.02 Å². The minimum absolute atomic E-state index is 0.0427. The third-order valence-corrected chi connectivity index (χ3v) is 5.91. The van der Waals surface area contributed by atoms with Gasteiger partial charge in [-0.1, -0.05) is 23.7 Å². The van der Waals surface area contributed by atoms with Crippen LogP contribution in [0.1, 0.15) is 28.3 Å². The van der Waals surface area contributed by atoms with Crippen molar-refractivity contribution in [3.63, 3.8) is 0 Å². The molecule has 0 atom stereocenters. The number of rotatable bonds is 8. The molecule has 1 aromatic carbocycles. The molecule has 2 rings (SSSR count). The average Bonchev–Trinajstić information content (AvgIpc) is 3.01. The molecule has 0 radical (unpaired) electrons. The number of halogens is 1. The summed E-state index contributed by atoms with van der Waals surface area (Å²) in [7, 11) is -0.981. The van der Waals surface area contributed by atoms with Gasteiger partial charge in [-0.2, -0.15) is 0 Å². The molecule has 10 heteroatoms. The van der Waals surface area contributed by atoms with Crippen molar-refractivity contribution in [2.24, 2.45) is 0 Å². The molecule has 0 saturated carbocycles. The number of carbonyl (C=O) groups is 2. The van der Waals surface area contributed by atoms with Crippen LogP contribution in [-0.4, -0.2) is 45.9 Å². The van der Waals surface area contributed by atoms with E-state index in [0.29, 0.717) is 17.1 Å². The van der Waals surface area contributed by atoms with E-state index < -0.39 is 16.0 Å². The molecule has 0 saturated heterocycles. The number of amides is 1. The summed E-state index contributed by atoms with van der Waals surface area (Å²) in [6, 6.07) is 7.57. The summed E-state index contributed by atoms with van der Waals surface area (Å²) in [5.41, 5.74) is 0.297. The van der Waals surface area contributed by atoms with Gasteiger partial charge >= 0.3 is 5.97 Å². The first-order valence-electron chi connectivity index (χ1n) is 8.31. The highest BCUT2D eigenvalue weighted by molar-refractivity contribution is 7.89. The van der Waals surface area contributed by atoms with Crippen LogP contribution < -0.4 is 4.72 Å². The first kappa shape index (κ1) is 21.9. The molecule has 0 aliphatic heterocycles. The standard InChI is InChI=1S/C18H21ClN2O6S/c1-12-14(18(23)26-3)10-13(27-12)11-21(2)17(22)8-9-20-28(24,25)16-7-5-4-6-15(16)19/h4-7,10,20H,8-9,11H2,1-3H3. The van der Waals surface area contributed by atoms with Crippen LogP contribution in [0.15, 0.2) is 39.6 Å². The molecule has 0 aliphatic carbocycles. The van der Waals surface area contributed by atoms with E-state index in [4.69, 9.17) is 16.0 Å². The van der Waals surface area contributed by atoms with Crippen LogP contribution in [-0.2, 0) is 26.1 Å². The van der Waals surface area contributed by atoms with E-state index >= 15 is 0 Å². The highest BCUT2D eigenvalue weighted by atomic mass is 35.5. The van der Waals surface area contributed by atoms with Crippen LogP contribution >= 0.6 is 11.6 Å². The van der Waals surface area contributed by atoms with Gasteiger partial charge in [-0.3, -0.25) is 4.79 Å². The molecule has 152 valence electrons. The topological polar surface area (TPSA) is 106 Å². The molecule has 1 heterocycles. The molecule has 0 unspecified atom stereocenters. The Bertz CT molecular complexity index is 970. The van der Waals surface area contributed by atoms with E-state index in [1.165, 1.54) is 30.2 Å². The Labute approximate surface area is 168 Å². The van der Waals surface area contributed by atoms with Gasteiger partial charge in [0.05, 0.1) is 18.7 Å². The molecule has 28 heavy (non-hydrogen) atoms. The Kier molecular flexibility index (Phi) is 7.22. The zero-order valence-electron chi connectivity index (χ0n) is 15.7. The number of esters is 1. The number of nitrogens with zero attached hydrogens (tertiary/aromatic N) is 1. The lowest BCUT2D eigenvalue weighted by atomic mass is 10.2. The molecule has 0 aliphatic rings. The Morgan fingerprint density at radius 2 is 1.96 bits per heavy atom. The van der Waals surface area contributed by atoms with Crippen molar-refractivity contribution in [2.75, 3.05) is 20.7 Å².